The van der Waals surface area contributed by atoms with E-state index in [0.717, 1.165) is 22.9 Å². The lowest BCUT2D eigenvalue weighted by molar-refractivity contribution is -0.138. The molecule has 0 aromatic carbocycles. The summed E-state index contributed by atoms with van der Waals surface area (Å²) in [6.45, 7) is 4.33. The maximum atomic E-state index is 11.6. The number of nitrogens with zero attached hydrogens (tertiary/aromatic N) is 2. The first-order valence-electron chi connectivity index (χ1n) is 8.40. The number of aryl methyl sites for hydroxylation is 2. The molecule has 0 bridgehead atoms. The van der Waals surface area contributed by atoms with E-state index in [1.165, 1.54) is 44.8 Å². The minimum absolute atomic E-state index is 0.164. The van der Waals surface area contributed by atoms with Crippen LogP contribution in [0.3, 0.4) is 0 Å². The number of anilines is 1. The topological polar surface area (TPSA) is 55.6 Å². The van der Waals surface area contributed by atoms with Crippen LogP contribution in [-0.4, -0.2) is 29.0 Å². The Morgan fingerprint density at radius 2 is 2.04 bits per heavy atom. The molecule has 0 radical (unpaired) electrons. The van der Waals surface area contributed by atoms with Crippen LogP contribution in [0.25, 0.3) is 5.65 Å². The highest BCUT2D eigenvalue weighted by Crippen LogP contribution is 2.37. The van der Waals surface area contributed by atoms with Crippen molar-refractivity contribution in [2.24, 2.45) is 0 Å². The van der Waals surface area contributed by atoms with E-state index in [4.69, 9.17) is 9.72 Å². The van der Waals surface area contributed by atoms with Gasteiger partial charge in [-0.1, -0.05) is 19.3 Å². The van der Waals surface area contributed by atoms with Gasteiger partial charge in [-0.05, 0) is 44.4 Å². The molecule has 5 heteroatoms. The van der Waals surface area contributed by atoms with Crippen molar-refractivity contribution in [1.29, 1.82) is 0 Å². The van der Waals surface area contributed by atoms with Crippen molar-refractivity contribution in [2.75, 3.05) is 19.0 Å². The Kier molecular flexibility index (Phi) is 4.55. The third-order valence-electron chi connectivity index (χ3n) is 4.70. The van der Waals surface area contributed by atoms with Crippen LogP contribution >= 0.6 is 0 Å². The molecule has 1 aliphatic rings. The van der Waals surface area contributed by atoms with Crippen molar-refractivity contribution >= 4 is 17.4 Å². The van der Waals surface area contributed by atoms with Gasteiger partial charge in [0.15, 0.2) is 0 Å². The second kappa shape index (κ2) is 6.60. The Bertz CT molecular complexity index is 715. The van der Waals surface area contributed by atoms with E-state index in [1.54, 1.807) is 0 Å². The molecule has 2 aromatic rings. The standard InChI is InChI=1S/C18H25N3O2/c1-12-9-13(2)21-15(10-12)20-17(14-7-5-4-6-8-14)18(21)19-11-16(22)23-3/h9-10,14,19H,4-8,11H2,1-3H3. The van der Waals surface area contributed by atoms with E-state index in [1.807, 2.05) is 0 Å². The molecule has 0 aliphatic heterocycles. The highest BCUT2D eigenvalue weighted by atomic mass is 16.5. The van der Waals surface area contributed by atoms with E-state index >= 15 is 0 Å². The summed E-state index contributed by atoms with van der Waals surface area (Å²) in [4.78, 5) is 16.5. The monoisotopic (exact) mass is 315 g/mol. The number of imidazole rings is 1. The highest BCUT2D eigenvalue weighted by molar-refractivity contribution is 5.75. The molecule has 1 N–H and O–H groups in total. The normalized spacial score (nSPS) is 15.8. The maximum Gasteiger partial charge on any atom is 0.325 e. The molecule has 1 saturated carbocycles. The SMILES string of the molecule is COC(=O)CNc1c(C2CCCCC2)nc2cc(C)cc(C)n12. The summed E-state index contributed by atoms with van der Waals surface area (Å²) in [6.07, 6.45) is 6.18. The van der Waals surface area contributed by atoms with Gasteiger partial charge in [-0.2, -0.15) is 0 Å². The van der Waals surface area contributed by atoms with E-state index in [9.17, 15) is 4.79 Å². The molecule has 2 heterocycles. The fourth-order valence-electron chi connectivity index (χ4n) is 3.61. The molecule has 1 fully saturated rings. The second-order valence-corrected chi connectivity index (χ2v) is 6.48. The summed E-state index contributed by atoms with van der Waals surface area (Å²) >= 11 is 0. The Morgan fingerprint density at radius 3 is 2.74 bits per heavy atom. The van der Waals surface area contributed by atoms with Gasteiger partial charge in [-0.15, -0.1) is 0 Å². The van der Waals surface area contributed by atoms with E-state index in [-0.39, 0.29) is 12.5 Å². The van der Waals surface area contributed by atoms with Gasteiger partial charge in [0, 0.05) is 11.6 Å². The van der Waals surface area contributed by atoms with Gasteiger partial charge in [-0.3, -0.25) is 9.20 Å². The fourth-order valence-corrected chi connectivity index (χ4v) is 3.61. The highest BCUT2D eigenvalue weighted by Gasteiger charge is 2.24. The van der Waals surface area contributed by atoms with E-state index in [0.29, 0.717) is 5.92 Å². The zero-order valence-corrected chi connectivity index (χ0v) is 14.2. The van der Waals surface area contributed by atoms with E-state index < -0.39 is 0 Å². The third-order valence-corrected chi connectivity index (χ3v) is 4.70. The molecule has 0 unspecified atom stereocenters. The largest absolute Gasteiger partial charge is 0.468 e. The lowest BCUT2D eigenvalue weighted by Crippen LogP contribution is -2.18. The zero-order chi connectivity index (χ0) is 16.4. The second-order valence-electron chi connectivity index (χ2n) is 6.48. The summed E-state index contributed by atoms with van der Waals surface area (Å²) in [7, 11) is 1.41. The number of fused-ring (bicyclic) bond motifs is 1. The Labute approximate surface area is 137 Å². The van der Waals surface area contributed by atoms with E-state index in [2.05, 4.69) is 35.7 Å². The number of carbonyl (C=O) groups is 1. The number of nitrogens with one attached hydrogen (secondary N) is 1. The number of esters is 1. The van der Waals surface area contributed by atoms with Gasteiger partial charge in [-0.25, -0.2) is 4.98 Å². The number of hydrogen-bond acceptors (Lipinski definition) is 4. The number of carbonyl (C=O) groups excluding carboxylic acids is 1. The maximum absolute atomic E-state index is 11.6. The van der Waals surface area contributed by atoms with Gasteiger partial charge < -0.3 is 10.1 Å². The smallest absolute Gasteiger partial charge is 0.325 e. The molecule has 5 nitrogen and oxygen atoms in total. The van der Waals surface area contributed by atoms with Gasteiger partial charge in [0.2, 0.25) is 0 Å². The first-order valence-corrected chi connectivity index (χ1v) is 8.40. The lowest BCUT2D eigenvalue weighted by atomic mass is 9.87. The van der Waals surface area contributed by atoms with Crippen molar-refractivity contribution in [1.82, 2.24) is 9.38 Å². The van der Waals surface area contributed by atoms with Crippen LogP contribution in [0.15, 0.2) is 12.1 Å². The molecule has 0 atom stereocenters. The summed E-state index contributed by atoms with van der Waals surface area (Å²) in [5.74, 6) is 1.16. The Balaban J connectivity index is 2.05. The summed E-state index contributed by atoms with van der Waals surface area (Å²) < 4.78 is 6.89. The van der Waals surface area contributed by atoms with Gasteiger partial charge in [0.05, 0.1) is 12.8 Å². The molecule has 0 spiro atoms. The van der Waals surface area contributed by atoms with Crippen molar-refractivity contribution in [3.63, 3.8) is 0 Å². The first-order chi connectivity index (χ1) is 11.1. The molecule has 0 amide bonds. The van der Waals surface area contributed by atoms with Crippen LogP contribution in [0.4, 0.5) is 5.82 Å². The third kappa shape index (κ3) is 3.19. The number of methoxy groups -OCH3 is 1. The van der Waals surface area contributed by atoms with Crippen LogP contribution in [0.1, 0.15) is 55.0 Å². The van der Waals surface area contributed by atoms with Crippen LogP contribution in [-0.2, 0) is 9.53 Å². The van der Waals surface area contributed by atoms with Gasteiger partial charge >= 0.3 is 5.97 Å². The summed E-state index contributed by atoms with van der Waals surface area (Å²) in [5, 5.41) is 3.27. The lowest BCUT2D eigenvalue weighted by Gasteiger charge is -2.21. The summed E-state index contributed by atoms with van der Waals surface area (Å²) in [6, 6.07) is 4.24. The molecule has 3 rings (SSSR count). The van der Waals surface area contributed by atoms with Crippen molar-refractivity contribution in [3.05, 3.63) is 29.1 Å². The van der Waals surface area contributed by atoms with Crippen LogP contribution in [0.2, 0.25) is 0 Å². The first kappa shape index (κ1) is 15.8. The molecule has 124 valence electrons. The van der Waals surface area contributed by atoms with Crippen molar-refractivity contribution in [2.45, 2.75) is 51.9 Å². The predicted octanol–water partition coefficient (Wildman–Crippen LogP) is 3.58. The minimum atomic E-state index is -0.265. The average Bonchev–Trinajstić information content (AvgIpc) is 2.92. The van der Waals surface area contributed by atoms with Gasteiger partial charge in [0.25, 0.3) is 0 Å². The quantitative estimate of drug-likeness (QED) is 0.876. The molecular formula is C18H25N3O2. The van der Waals surface area contributed by atoms with Crippen LogP contribution in [0.5, 0.6) is 0 Å². The molecular weight excluding hydrogens is 290 g/mol. The van der Waals surface area contributed by atoms with Crippen LogP contribution in [0, 0.1) is 13.8 Å². The molecule has 23 heavy (non-hydrogen) atoms. The minimum Gasteiger partial charge on any atom is -0.468 e. The molecule has 1 aliphatic carbocycles. The number of hydrogen-bond donors (Lipinski definition) is 1. The predicted molar refractivity (Wildman–Crippen MR) is 91.0 cm³/mol. The Hall–Kier alpha value is -2.04. The average molecular weight is 315 g/mol. The number of aromatic nitrogens is 2. The number of ether oxygens (including phenoxy) is 1. The fraction of sp³-hybridized carbons (Fsp3) is 0.556. The van der Waals surface area contributed by atoms with Crippen molar-refractivity contribution < 1.29 is 9.53 Å². The molecule has 0 saturated heterocycles. The number of pyridine rings is 1. The number of rotatable bonds is 4. The van der Waals surface area contributed by atoms with Crippen molar-refractivity contribution in [3.8, 4) is 0 Å². The van der Waals surface area contributed by atoms with Crippen LogP contribution < -0.4 is 5.32 Å². The Morgan fingerprint density at radius 1 is 1.30 bits per heavy atom. The summed E-state index contributed by atoms with van der Waals surface area (Å²) in [5.41, 5.74) is 4.38. The van der Waals surface area contributed by atoms with Gasteiger partial charge in [0.1, 0.15) is 18.0 Å². The molecule has 2 aromatic heterocycles. The zero-order valence-electron chi connectivity index (χ0n) is 14.2.